The molecule has 2 fully saturated rings. The van der Waals surface area contributed by atoms with Gasteiger partial charge in [0.2, 0.25) is 0 Å². The number of rotatable bonds is 3. The van der Waals surface area contributed by atoms with Gasteiger partial charge in [0.15, 0.2) is 6.10 Å². The maximum Gasteiger partial charge on any atom is 0.334 e. The van der Waals surface area contributed by atoms with Crippen LogP contribution in [0.3, 0.4) is 0 Å². The Balaban J connectivity index is 1.75. The van der Waals surface area contributed by atoms with E-state index in [0.717, 1.165) is 23.5 Å². The number of aryl methyl sites for hydroxylation is 1. The molecule has 0 unspecified atom stereocenters. The van der Waals surface area contributed by atoms with Crippen molar-refractivity contribution in [3.8, 4) is 0 Å². The van der Waals surface area contributed by atoms with Crippen LogP contribution < -0.4 is 0 Å². The zero-order chi connectivity index (χ0) is 15.7. The zero-order valence-corrected chi connectivity index (χ0v) is 13.4. The first-order chi connectivity index (χ1) is 10.6. The fourth-order valence-electron chi connectivity index (χ4n) is 3.09. The number of hydrogen-bond donors (Lipinski definition) is 1. The van der Waals surface area contributed by atoms with Gasteiger partial charge in [0.05, 0.1) is 23.9 Å². The molecule has 0 bridgehead atoms. The Hall–Kier alpha value is -1.47. The van der Waals surface area contributed by atoms with Crippen LogP contribution in [-0.4, -0.2) is 52.7 Å². The van der Waals surface area contributed by atoms with Gasteiger partial charge in [-0.25, -0.2) is 9.78 Å². The van der Waals surface area contributed by atoms with Crippen LogP contribution in [0.5, 0.6) is 0 Å². The van der Waals surface area contributed by atoms with E-state index in [1.807, 2.05) is 6.92 Å². The van der Waals surface area contributed by atoms with Crippen molar-refractivity contribution in [3.05, 3.63) is 15.6 Å². The second-order valence-electron chi connectivity index (χ2n) is 5.90. The zero-order valence-electron chi connectivity index (χ0n) is 12.6. The van der Waals surface area contributed by atoms with Crippen LogP contribution in [0.1, 0.15) is 52.0 Å². The van der Waals surface area contributed by atoms with E-state index in [2.05, 4.69) is 4.98 Å². The Labute approximate surface area is 133 Å². The molecule has 1 aromatic rings. The minimum atomic E-state index is -1.02. The number of nitrogens with zero attached hydrogens (tertiary/aromatic N) is 2. The summed E-state index contributed by atoms with van der Waals surface area (Å²) in [6.45, 7) is 2.65. The van der Waals surface area contributed by atoms with Gasteiger partial charge >= 0.3 is 5.97 Å². The van der Waals surface area contributed by atoms with Gasteiger partial charge in [0, 0.05) is 12.5 Å². The molecule has 1 aliphatic heterocycles. The molecule has 1 saturated carbocycles. The molecule has 1 aromatic heterocycles. The number of hydrogen-bond acceptors (Lipinski definition) is 5. The van der Waals surface area contributed by atoms with Crippen molar-refractivity contribution in [2.75, 3.05) is 19.7 Å². The highest BCUT2D eigenvalue weighted by molar-refractivity contribution is 7.13. The lowest BCUT2D eigenvalue weighted by Crippen LogP contribution is -2.48. The predicted molar refractivity (Wildman–Crippen MR) is 81.3 cm³/mol. The minimum absolute atomic E-state index is 0.101. The van der Waals surface area contributed by atoms with Crippen LogP contribution in [0.15, 0.2) is 0 Å². The number of aromatic nitrogens is 1. The third kappa shape index (κ3) is 3.01. The van der Waals surface area contributed by atoms with Gasteiger partial charge in [0.25, 0.3) is 5.91 Å². The van der Waals surface area contributed by atoms with Gasteiger partial charge in [-0.2, -0.15) is 0 Å². The van der Waals surface area contributed by atoms with Crippen molar-refractivity contribution in [3.63, 3.8) is 0 Å². The Kier molecular flexibility index (Phi) is 4.44. The van der Waals surface area contributed by atoms with Crippen molar-refractivity contribution in [1.82, 2.24) is 9.88 Å². The maximum atomic E-state index is 12.7. The predicted octanol–water partition coefficient (Wildman–Crippen LogP) is 2.03. The van der Waals surface area contributed by atoms with Crippen LogP contribution in [0.4, 0.5) is 0 Å². The summed E-state index contributed by atoms with van der Waals surface area (Å²) in [7, 11) is 0. The topological polar surface area (TPSA) is 79.7 Å². The smallest absolute Gasteiger partial charge is 0.334 e. The van der Waals surface area contributed by atoms with Crippen LogP contribution in [0.2, 0.25) is 0 Å². The van der Waals surface area contributed by atoms with Crippen molar-refractivity contribution < 1.29 is 19.4 Å². The van der Waals surface area contributed by atoms with E-state index in [1.54, 1.807) is 4.90 Å². The number of carbonyl (C=O) groups is 2. The Bertz CT molecular complexity index is 580. The monoisotopic (exact) mass is 324 g/mol. The van der Waals surface area contributed by atoms with Gasteiger partial charge in [0.1, 0.15) is 4.88 Å². The number of thiazole rings is 1. The highest BCUT2D eigenvalue weighted by atomic mass is 32.1. The molecule has 120 valence electrons. The molecular weight excluding hydrogens is 304 g/mol. The van der Waals surface area contributed by atoms with Crippen LogP contribution >= 0.6 is 11.3 Å². The van der Waals surface area contributed by atoms with Crippen LogP contribution in [-0.2, 0) is 9.53 Å². The maximum absolute atomic E-state index is 12.7. The van der Waals surface area contributed by atoms with Gasteiger partial charge in [-0.1, -0.05) is 12.8 Å². The molecule has 0 radical (unpaired) electrons. The average molecular weight is 324 g/mol. The van der Waals surface area contributed by atoms with E-state index in [0.29, 0.717) is 17.3 Å². The summed E-state index contributed by atoms with van der Waals surface area (Å²) in [6.07, 6.45) is 3.84. The molecule has 2 aliphatic rings. The number of amides is 1. The molecule has 6 nitrogen and oxygen atoms in total. The summed E-state index contributed by atoms with van der Waals surface area (Å²) in [5, 5.41) is 10.1. The SMILES string of the molecule is Cc1nc(C2CCCC2)sc1C(=O)N1CCO[C@H](C(=O)O)C1. The molecule has 0 aromatic carbocycles. The van der Waals surface area contributed by atoms with E-state index < -0.39 is 12.1 Å². The normalized spacial score (nSPS) is 23.0. The molecular formula is C15H20N2O4S. The standard InChI is InChI=1S/C15H20N2O4S/c1-9-12(22-13(16-9)10-4-2-3-5-10)14(18)17-6-7-21-11(8-17)15(19)20/h10-11H,2-8H2,1H3,(H,19,20)/t11-/m0/s1. The number of carbonyl (C=O) groups excluding carboxylic acids is 1. The number of ether oxygens (including phenoxy) is 1. The number of carboxylic acid groups (broad SMARTS) is 1. The molecule has 1 amide bonds. The van der Waals surface area contributed by atoms with E-state index in [-0.39, 0.29) is 19.1 Å². The van der Waals surface area contributed by atoms with E-state index >= 15 is 0 Å². The first kappa shape index (κ1) is 15.4. The van der Waals surface area contributed by atoms with Gasteiger partial charge in [-0.05, 0) is 19.8 Å². The van der Waals surface area contributed by atoms with Crippen LogP contribution in [0, 0.1) is 6.92 Å². The fraction of sp³-hybridized carbons (Fsp3) is 0.667. The molecule has 0 spiro atoms. The summed E-state index contributed by atoms with van der Waals surface area (Å²) in [6, 6.07) is 0. The quantitative estimate of drug-likeness (QED) is 0.920. The molecule has 7 heteroatoms. The fourth-order valence-corrected chi connectivity index (χ4v) is 4.29. The van der Waals surface area contributed by atoms with Gasteiger partial charge < -0.3 is 14.7 Å². The second kappa shape index (κ2) is 6.34. The number of aliphatic carboxylic acids is 1. The summed E-state index contributed by atoms with van der Waals surface area (Å²) in [5.41, 5.74) is 0.760. The first-order valence-corrected chi connectivity index (χ1v) is 8.49. The van der Waals surface area contributed by atoms with Crippen molar-refractivity contribution in [2.45, 2.75) is 44.6 Å². The van der Waals surface area contributed by atoms with E-state index in [9.17, 15) is 9.59 Å². The molecule has 22 heavy (non-hydrogen) atoms. The van der Waals surface area contributed by atoms with E-state index in [4.69, 9.17) is 9.84 Å². The van der Waals surface area contributed by atoms with Crippen molar-refractivity contribution in [1.29, 1.82) is 0 Å². The highest BCUT2D eigenvalue weighted by Crippen LogP contribution is 2.37. The highest BCUT2D eigenvalue weighted by Gasteiger charge is 2.32. The average Bonchev–Trinajstić information content (AvgIpc) is 3.16. The van der Waals surface area contributed by atoms with Crippen LogP contribution in [0.25, 0.3) is 0 Å². The first-order valence-electron chi connectivity index (χ1n) is 7.67. The lowest BCUT2D eigenvalue weighted by molar-refractivity contribution is -0.154. The largest absolute Gasteiger partial charge is 0.479 e. The Morgan fingerprint density at radius 3 is 2.77 bits per heavy atom. The molecule has 1 atom stereocenters. The van der Waals surface area contributed by atoms with Gasteiger partial charge in [-0.3, -0.25) is 4.79 Å². The second-order valence-corrected chi connectivity index (χ2v) is 6.93. The molecule has 1 aliphatic carbocycles. The Morgan fingerprint density at radius 2 is 2.09 bits per heavy atom. The Morgan fingerprint density at radius 1 is 1.36 bits per heavy atom. The molecule has 2 heterocycles. The third-order valence-corrected chi connectivity index (χ3v) is 5.65. The molecule has 1 saturated heterocycles. The number of morpholine rings is 1. The van der Waals surface area contributed by atoms with E-state index in [1.165, 1.54) is 24.2 Å². The summed E-state index contributed by atoms with van der Waals surface area (Å²) in [4.78, 5) is 30.5. The summed E-state index contributed by atoms with van der Waals surface area (Å²) < 4.78 is 5.17. The lowest BCUT2D eigenvalue weighted by atomic mass is 10.1. The molecule has 3 rings (SSSR count). The van der Waals surface area contributed by atoms with Crippen molar-refractivity contribution in [2.24, 2.45) is 0 Å². The minimum Gasteiger partial charge on any atom is -0.479 e. The van der Waals surface area contributed by atoms with Gasteiger partial charge in [-0.15, -0.1) is 11.3 Å². The lowest BCUT2D eigenvalue weighted by Gasteiger charge is -2.30. The third-order valence-electron chi connectivity index (χ3n) is 4.34. The molecule has 1 N–H and O–H groups in total. The van der Waals surface area contributed by atoms with Crippen molar-refractivity contribution >= 4 is 23.2 Å². The number of carboxylic acids is 1. The summed E-state index contributed by atoms with van der Waals surface area (Å²) in [5.74, 6) is -0.652. The summed E-state index contributed by atoms with van der Waals surface area (Å²) >= 11 is 1.48.